The molecule has 1 atom stereocenters. The fraction of sp³-hybridized carbons (Fsp3) is 0.474. The largest absolute Gasteiger partial charge is 0.354 e. The monoisotopic (exact) mass is 346 g/mol. The number of amides is 2. The van der Waals surface area contributed by atoms with E-state index in [9.17, 15) is 9.59 Å². The molecule has 5 heteroatoms. The average Bonchev–Trinajstić information content (AvgIpc) is 2.98. The first-order valence-electron chi connectivity index (χ1n) is 8.68. The maximum atomic E-state index is 12.5. The van der Waals surface area contributed by atoms with Crippen LogP contribution in [-0.2, 0) is 9.59 Å². The predicted molar refractivity (Wildman–Crippen MR) is 96.1 cm³/mol. The molecule has 24 heavy (non-hydrogen) atoms. The van der Waals surface area contributed by atoms with E-state index in [4.69, 9.17) is 11.6 Å². The van der Waals surface area contributed by atoms with Gasteiger partial charge >= 0.3 is 0 Å². The molecule has 3 rings (SSSR count). The number of carbonyl (C=O) groups excluding carboxylic acids is 2. The Balaban J connectivity index is 1.59. The molecule has 128 valence electrons. The smallest absolute Gasteiger partial charge is 0.243 e. The second kappa shape index (κ2) is 7.84. The molecular formula is C19H23ClN2O2. The van der Waals surface area contributed by atoms with Gasteiger partial charge in [0.1, 0.15) is 6.04 Å². The van der Waals surface area contributed by atoms with Crippen LogP contribution in [0.1, 0.15) is 44.9 Å². The number of allylic oxidation sites excluding steroid dienone is 1. The second-order valence-electron chi connectivity index (χ2n) is 6.44. The van der Waals surface area contributed by atoms with E-state index in [1.165, 1.54) is 18.4 Å². The topological polar surface area (TPSA) is 49.4 Å². The fourth-order valence-electron chi connectivity index (χ4n) is 3.45. The molecule has 0 aromatic heterocycles. The van der Waals surface area contributed by atoms with Crippen LogP contribution in [-0.4, -0.2) is 24.4 Å². The summed E-state index contributed by atoms with van der Waals surface area (Å²) >= 11 is 5.91. The van der Waals surface area contributed by atoms with Crippen LogP contribution in [0.25, 0.3) is 0 Å². The SMILES string of the molecule is O=C(NCCC1=CCCCC1)C1CCC(=O)N1c1ccc(Cl)cc1. The van der Waals surface area contributed by atoms with Crippen LogP contribution in [0.3, 0.4) is 0 Å². The summed E-state index contributed by atoms with van der Waals surface area (Å²) < 4.78 is 0. The Morgan fingerprint density at radius 2 is 2.00 bits per heavy atom. The van der Waals surface area contributed by atoms with E-state index in [-0.39, 0.29) is 11.8 Å². The van der Waals surface area contributed by atoms with Crippen molar-refractivity contribution in [1.29, 1.82) is 0 Å². The summed E-state index contributed by atoms with van der Waals surface area (Å²) in [6, 6.07) is 6.65. The van der Waals surface area contributed by atoms with Crippen LogP contribution < -0.4 is 10.2 Å². The highest BCUT2D eigenvalue weighted by atomic mass is 35.5. The Labute approximate surface area is 147 Å². The van der Waals surface area contributed by atoms with E-state index in [1.807, 2.05) is 0 Å². The number of carbonyl (C=O) groups is 2. The Hall–Kier alpha value is -1.81. The molecule has 0 saturated carbocycles. The van der Waals surface area contributed by atoms with Crippen LogP contribution in [0.2, 0.25) is 5.02 Å². The van der Waals surface area contributed by atoms with Crippen LogP contribution >= 0.6 is 11.6 Å². The molecule has 4 nitrogen and oxygen atoms in total. The second-order valence-corrected chi connectivity index (χ2v) is 6.88. The van der Waals surface area contributed by atoms with Crippen molar-refractivity contribution in [2.45, 2.75) is 51.0 Å². The first-order valence-corrected chi connectivity index (χ1v) is 9.06. The number of nitrogens with one attached hydrogen (secondary N) is 1. The minimum Gasteiger partial charge on any atom is -0.354 e. The van der Waals surface area contributed by atoms with Crippen molar-refractivity contribution in [1.82, 2.24) is 5.32 Å². The van der Waals surface area contributed by atoms with Gasteiger partial charge in [0.2, 0.25) is 11.8 Å². The minimum absolute atomic E-state index is 0.00698. The van der Waals surface area contributed by atoms with Crippen LogP contribution in [0.4, 0.5) is 5.69 Å². The number of hydrogen-bond acceptors (Lipinski definition) is 2. The highest BCUT2D eigenvalue weighted by Crippen LogP contribution is 2.28. The van der Waals surface area contributed by atoms with Gasteiger partial charge in [-0.15, -0.1) is 0 Å². The zero-order chi connectivity index (χ0) is 16.9. The maximum Gasteiger partial charge on any atom is 0.243 e. The molecule has 1 aliphatic heterocycles. The van der Waals surface area contributed by atoms with Gasteiger partial charge in [-0.05, 0) is 62.8 Å². The lowest BCUT2D eigenvalue weighted by atomic mass is 9.97. The molecule has 2 aliphatic rings. The summed E-state index contributed by atoms with van der Waals surface area (Å²) in [5.74, 6) is -0.0697. The van der Waals surface area contributed by atoms with E-state index in [2.05, 4.69) is 11.4 Å². The first kappa shape index (κ1) is 17.0. The van der Waals surface area contributed by atoms with Crippen molar-refractivity contribution in [2.75, 3.05) is 11.4 Å². The molecule has 1 aromatic carbocycles. The van der Waals surface area contributed by atoms with Crippen molar-refractivity contribution in [3.8, 4) is 0 Å². The van der Waals surface area contributed by atoms with Gasteiger partial charge in [-0.25, -0.2) is 0 Å². The Kier molecular flexibility index (Phi) is 5.56. The van der Waals surface area contributed by atoms with Crippen LogP contribution in [0, 0.1) is 0 Å². The summed E-state index contributed by atoms with van der Waals surface area (Å²) in [4.78, 5) is 26.3. The molecule has 1 unspecified atom stereocenters. The van der Waals surface area contributed by atoms with Gasteiger partial charge in [0.05, 0.1) is 0 Å². The van der Waals surface area contributed by atoms with Gasteiger partial charge in [-0.1, -0.05) is 23.3 Å². The molecule has 1 fully saturated rings. The zero-order valence-corrected chi connectivity index (χ0v) is 14.5. The molecule has 0 bridgehead atoms. The van der Waals surface area contributed by atoms with E-state index in [0.29, 0.717) is 24.4 Å². The lowest BCUT2D eigenvalue weighted by Gasteiger charge is -2.24. The van der Waals surface area contributed by atoms with Gasteiger partial charge in [-0.3, -0.25) is 14.5 Å². The minimum atomic E-state index is -0.418. The molecule has 1 saturated heterocycles. The Morgan fingerprint density at radius 3 is 2.71 bits per heavy atom. The molecule has 1 N–H and O–H groups in total. The van der Waals surface area contributed by atoms with Crippen molar-refractivity contribution < 1.29 is 9.59 Å². The summed E-state index contributed by atoms with van der Waals surface area (Å²) in [6.07, 6.45) is 9.01. The number of benzene rings is 1. The van der Waals surface area contributed by atoms with E-state index >= 15 is 0 Å². The van der Waals surface area contributed by atoms with Crippen molar-refractivity contribution in [2.24, 2.45) is 0 Å². The quantitative estimate of drug-likeness (QED) is 0.823. The molecule has 1 aliphatic carbocycles. The predicted octanol–water partition coefficient (Wildman–Crippen LogP) is 3.84. The van der Waals surface area contributed by atoms with Gasteiger partial charge in [-0.2, -0.15) is 0 Å². The highest BCUT2D eigenvalue weighted by Gasteiger charge is 2.36. The molecule has 1 aromatic rings. The van der Waals surface area contributed by atoms with Crippen molar-refractivity contribution in [3.05, 3.63) is 40.9 Å². The number of hydrogen-bond donors (Lipinski definition) is 1. The van der Waals surface area contributed by atoms with Crippen LogP contribution in [0.15, 0.2) is 35.9 Å². The fourth-order valence-corrected chi connectivity index (χ4v) is 3.58. The van der Waals surface area contributed by atoms with Gasteiger partial charge in [0.15, 0.2) is 0 Å². The molecule has 0 spiro atoms. The number of rotatable bonds is 5. The highest BCUT2D eigenvalue weighted by molar-refractivity contribution is 6.30. The van der Waals surface area contributed by atoms with E-state index < -0.39 is 6.04 Å². The molecular weight excluding hydrogens is 324 g/mol. The summed E-state index contributed by atoms with van der Waals surface area (Å²) in [5.41, 5.74) is 2.18. The lowest BCUT2D eigenvalue weighted by molar-refractivity contribution is -0.123. The summed E-state index contributed by atoms with van der Waals surface area (Å²) in [5, 5.41) is 3.62. The third kappa shape index (κ3) is 3.99. The Bertz CT molecular complexity index is 639. The van der Waals surface area contributed by atoms with E-state index in [1.54, 1.807) is 29.2 Å². The summed E-state index contributed by atoms with van der Waals surface area (Å²) in [6.45, 7) is 0.643. The number of nitrogens with zero attached hydrogens (tertiary/aromatic N) is 1. The summed E-state index contributed by atoms with van der Waals surface area (Å²) in [7, 11) is 0. The number of anilines is 1. The van der Waals surface area contributed by atoms with E-state index in [0.717, 1.165) is 24.9 Å². The molecule has 1 heterocycles. The van der Waals surface area contributed by atoms with Crippen LogP contribution in [0.5, 0.6) is 0 Å². The lowest BCUT2D eigenvalue weighted by Crippen LogP contribution is -2.45. The van der Waals surface area contributed by atoms with Gasteiger partial charge < -0.3 is 5.32 Å². The van der Waals surface area contributed by atoms with Gasteiger partial charge in [0.25, 0.3) is 0 Å². The molecule has 2 amide bonds. The number of halogens is 1. The zero-order valence-electron chi connectivity index (χ0n) is 13.8. The molecule has 0 radical (unpaired) electrons. The van der Waals surface area contributed by atoms with Crippen molar-refractivity contribution >= 4 is 29.1 Å². The first-order chi connectivity index (χ1) is 11.6. The Morgan fingerprint density at radius 1 is 1.21 bits per heavy atom. The third-order valence-corrected chi connectivity index (χ3v) is 5.00. The maximum absolute atomic E-state index is 12.5. The van der Waals surface area contributed by atoms with Crippen molar-refractivity contribution in [3.63, 3.8) is 0 Å². The van der Waals surface area contributed by atoms with Gasteiger partial charge in [0, 0.05) is 23.7 Å². The third-order valence-electron chi connectivity index (χ3n) is 4.75. The average molecular weight is 347 g/mol. The normalized spacial score (nSPS) is 20.9. The standard InChI is InChI=1S/C19H23ClN2O2/c20-15-6-8-16(9-7-15)22-17(10-11-18(22)23)19(24)21-13-12-14-4-2-1-3-5-14/h4,6-9,17H,1-3,5,10-13H2,(H,21,24).